The van der Waals surface area contributed by atoms with Crippen LogP contribution in [0.3, 0.4) is 0 Å². The van der Waals surface area contributed by atoms with E-state index >= 15 is 0 Å². The molecular weight excluding hydrogens is 378 g/mol. The standard InChI is InChI=1S/C16H16BrN3O2S/c17-12-5-3-4-11(8-12)13-10-23-16(18-13)19-14(21)9-20-7-2-1-6-15(20)22/h3-5,8,10H,1-2,6-7,9H2,(H,18,19,21). The molecule has 2 heterocycles. The predicted octanol–water partition coefficient (Wildman–Crippen LogP) is 3.52. The van der Waals surface area contributed by atoms with Gasteiger partial charge >= 0.3 is 0 Å². The van der Waals surface area contributed by atoms with Gasteiger partial charge in [0.2, 0.25) is 11.8 Å². The van der Waals surface area contributed by atoms with Crippen molar-refractivity contribution in [3.63, 3.8) is 0 Å². The van der Waals surface area contributed by atoms with Crippen molar-refractivity contribution >= 4 is 44.2 Å². The molecular formula is C16H16BrN3O2S. The number of nitrogens with zero attached hydrogens (tertiary/aromatic N) is 2. The van der Waals surface area contributed by atoms with E-state index in [-0.39, 0.29) is 18.4 Å². The number of thiazole rings is 1. The molecule has 0 radical (unpaired) electrons. The highest BCUT2D eigenvalue weighted by Gasteiger charge is 2.20. The van der Waals surface area contributed by atoms with Crippen LogP contribution in [0, 0.1) is 0 Å². The van der Waals surface area contributed by atoms with Crippen LogP contribution in [-0.2, 0) is 9.59 Å². The summed E-state index contributed by atoms with van der Waals surface area (Å²) < 4.78 is 0.984. The molecule has 1 aliphatic heterocycles. The van der Waals surface area contributed by atoms with Crippen molar-refractivity contribution in [1.29, 1.82) is 0 Å². The molecule has 0 unspecified atom stereocenters. The zero-order chi connectivity index (χ0) is 16.2. The number of amides is 2. The molecule has 1 aromatic heterocycles. The predicted molar refractivity (Wildman–Crippen MR) is 94.3 cm³/mol. The van der Waals surface area contributed by atoms with Crippen molar-refractivity contribution in [3.05, 3.63) is 34.1 Å². The van der Waals surface area contributed by atoms with Gasteiger partial charge in [0.25, 0.3) is 0 Å². The maximum absolute atomic E-state index is 12.1. The van der Waals surface area contributed by atoms with Crippen LogP contribution in [0.25, 0.3) is 11.3 Å². The largest absolute Gasteiger partial charge is 0.333 e. The van der Waals surface area contributed by atoms with Gasteiger partial charge in [0, 0.05) is 28.4 Å². The summed E-state index contributed by atoms with van der Waals surface area (Å²) in [5.74, 6) is -0.143. The lowest BCUT2D eigenvalue weighted by Crippen LogP contribution is -2.40. The number of nitrogens with one attached hydrogen (secondary N) is 1. The summed E-state index contributed by atoms with van der Waals surface area (Å²) in [4.78, 5) is 29.9. The minimum Gasteiger partial charge on any atom is -0.333 e. The fourth-order valence-corrected chi connectivity index (χ4v) is 3.61. The van der Waals surface area contributed by atoms with Crippen molar-refractivity contribution in [2.45, 2.75) is 19.3 Å². The lowest BCUT2D eigenvalue weighted by Gasteiger charge is -2.25. The number of anilines is 1. The zero-order valence-electron chi connectivity index (χ0n) is 12.4. The number of hydrogen-bond acceptors (Lipinski definition) is 4. The Hall–Kier alpha value is -1.73. The summed E-state index contributed by atoms with van der Waals surface area (Å²) in [7, 11) is 0. The van der Waals surface area contributed by atoms with Gasteiger partial charge in [-0.15, -0.1) is 11.3 Å². The van der Waals surface area contributed by atoms with Crippen LogP contribution in [0.2, 0.25) is 0 Å². The second kappa shape index (κ2) is 7.23. The maximum atomic E-state index is 12.1. The molecule has 1 aliphatic rings. The molecule has 0 saturated carbocycles. The zero-order valence-corrected chi connectivity index (χ0v) is 14.8. The third-order valence-electron chi connectivity index (χ3n) is 3.63. The molecule has 1 fully saturated rings. The van der Waals surface area contributed by atoms with Gasteiger partial charge in [-0.05, 0) is 25.0 Å². The summed E-state index contributed by atoms with van der Waals surface area (Å²) in [6.45, 7) is 0.762. The number of carbonyl (C=O) groups excluding carboxylic acids is 2. The number of aromatic nitrogens is 1. The van der Waals surface area contributed by atoms with E-state index in [0.29, 0.717) is 18.1 Å². The van der Waals surface area contributed by atoms with Crippen LogP contribution in [0.1, 0.15) is 19.3 Å². The molecule has 2 aromatic rings. The van der Waals surface area contributed by atoms with E-state index in [1.54, 1.807) is 4.90 Å². The molecule has 23 heavy (non-hydrogen) atoms. The van der Waals surface area contributed by atoms with E-state index in [1.165, 1.54) is 11.3 Å². The van der Waals surface area contributed by atoms with Gasteiger partial charge in [-0.25, -0.2) is 4.98 Å². The van der Waals surface area contributed by atoms with Crippen molar-refractivity contribution < 1.29 is 9.59 Å². The first-order chi connectivity index (χ1) is 11.1. The third-order valence-corrected chi connectivity index (χ3v) is 4.88. The number of hydrogen-bond donors (Lipinski definition) is 1. The number of benzene rings is 1. The van der Waals surface area contributed by atoms with Crippen LogP contribution in [0.4, 0.5) is 5.13 Å². The Balaban J connectivity index is 1.62. The molecule has 2 amide bonds. The minimum atomic E-state index is -0.199. The van der Waals surface area contributed by atoms with Crippen molar-refractivity contribution in [2.24, 2.45) is 0 Å². The highest BCUT2D eigenvalue weighted by Crippen LogP contribution is 2.26. The Labute approximate surface area is 146 Å². The van der Waals surface area contributed by atoms with Crippen molar-refractivity contribution in [3.8, 4) is 11.3 Å². The van der Waals surface area contributed by atoms with E-state index < -0.39 is 0 Å². The SMILES string of the molecule is O=C(CN1CCCCC1=O)Nc1nc(-c2cccc(Br)c2)cs1. The summed E-state index contributed by atoms with van der Waals surface area (Å²) in [6, 6.07) is 7.85. The van der Waals surface area contributed by atoms with Crippen LogP contribution in [0.5, 0.6) is 0 Å². The van der Waals surface area contributed by atoms with Crippen molar-refractivity contribution in [1.82, 2.24) is 9.88 Å². The highest BCUT2D eigenvalue weighted by atomic mass is 79.9. The Morgan fingerprint density at radius 3 is 3.04 bits per heavy atom. The Bertz CT molecular complexity index is 732. The van der Waals surface area contributed by atoms with Gasteiger partial charge in [-0.1, -0.05) is 28.1 Å². The number of piperidine rings is 1. The second-order valence-corrected chi connectivity index (χ2v) is 7.14. The maximum Gasteiger partial charge on any atom is 0.245 e. The first-order valence-corrected chi connectivity index (χ1v) is 9.08. The quantitative estimate of drug-likeness (QED) is 0.863. The molecule has 0 aliphatic carbocycles. The Kier molecular flexibility index (Phi) is 5.07. The van der Waals surface area contributed by atoms with Gasteiger partial charge in [0.1, 0.15) is 0 Å². The molecule has 5 nitrogen and oxygen atoms in total. The number of rotatable bonds is 4. The molecule has 1 N–H and O–H groups in total. The number of halogens is 1. The second-order valence-electron chi connectivity index (χ2n) is 5.37. The van der Waals surface area contributed by atoms with Gasteiger partial charge in [0.05, 0.1) is 12.2 Å². The fourth-order valence-electron chi connectivity index (χ4n) is 2.47. The first-order valence-electron chi connectivity index (χ1n) is 7.41. The molecule has 0 spiro atoms. The monoisotopic (exact) mass is 393 g/mol. The Morgan fingerprint density at radius 1 is 1.39 bits per heavy atom. The van der Waals surface area contributed by atoms with E-state index in [2.05, 4.69) is 26.2 Å². The molecule has 1 saturated heterocycles. The van der Waals surface area contributed by atoms with Crippen LogP contribution < -0.4 is 5.32 Å². The summed E-state index contributed by atoms with van der Waals surface area (Å²) in [5.41, 5.74) is 1.81. The van der Waals surface area contributed by atoms with E-state index in [4.69, 9.17) is 0 Å². The Morgan fingerprint density at radius 2 is 2.26 bits per heavy atom. The van der Waals surface area contributed by atoms with Crippen molar-refractivity contribution in [2.75, 3.05) is 18.4 Å². The fraction of sp³-hybridized carbons (Fsp3) is 0.312. The highest BCUT2D eigenvalue weighted by molar-refractivity contribution is 9.10. The molecule has 0 atom stereocenters. The van der Waals surface area contributed by atoms with E-state index in [9.17, 15) is 9.59 Å². The first kappa shape index (κ1) is 16.1. The number of carbonyl (C=O) groups is 2. The topological polar surface area (TPSA) is 62.3 Å². The average molecular weight is 394 g/mol. The smallest absolute Gasteiger partial charge is 0.245 e. The van der Waals surface area contributed by atoms with Crippen LogP contribution in [0.15, 0.2) is 34.1 Å². The van der Waals surface area contributed by atoms with E-state index in [0.717, 1.165) is 28.6 Å². The molecule has 7 heteroatoms. The third kappa shape index (κ3) is 4.17. The van der Waals surface area contributed by atoms with Crippen LogP contribution >= 0.6 is 27.3 Å². The van der Waals surface area contributed by atoms with Gasteiger partial charge in [-0.3, -0.25) is 9.59 Å². The lowest BCUT2D eigenvalue weighted by atomic mass is 10.1. The average Bonchev–Trinajstić information content (AvgIpc) is 2.98. The molecule has 3 rings (SSSR count). The van der Waals surface area contributed by atoms with Crippen LogP contribution in [-0.4, -0.2) is 34.8 Å². The molecule has 120 valence electrons. The number of likely N-dealkylation sites (tertiary alicyclic amines) is 1. The minimum absolute atomic E-state index is 0.0559. The summed E-state index contributed by atoms with van der Waals surface area (Å²) in [6.07, 6.45) is 2.42. The summed E-state index contributed by atoms with van der Waals surface area (Å²) >= 11 is 4.82. The molecule has 1 aromatic carbocycles. The van der Waals surface area contributed by atoms with Gasteiger partial charge in [-0.2, -0.15) is 0 Å². The summed E-state index contributed by atoms with van der Waals surface area (Å²) in [5, 5.41) is 5.23. The van der Waals surface area contributed by atoms with Gasteiger partial charge < -0.3 is 10.2 Å². The lowest BCUT2D eigenvalue weighted by molar-refractivity contribution is -0.136. The normalized spacial score (nSPS) is 14.8. The van der Waals surface area contributed by atoms with Gasteiger partial charge in [0.15, 0.2) is 5.13 Å². The molecule has 0 bridgehead atoms. The van der Waals surface area contributed by atoms with E-state index in [1.807, 2.05) is 29.6 Å².